The zero-order valence-corrected chi connectivity index (χ0v) is 26.9. The molecule has 9 rings (SSSR count). The molecule has 7 aromatic rings. The Labute approximate surface area is 290 Å². The number of hydrogen-bond acceptors (Lipinski definition) is 2. The second-order valence-electron chi connectivity index (χ2n) is 12.4. The summed E-state index contributed by atoms with van der Waals surface area (Å²) in [7, 11) is 0. The van der Waals surface area contributed by atoms with Crippen LogP contribution >= 0.6 is 0 Å². The largest absolute Gasteiger partial charge is 0.657 e. The van der Waals surface area contributed by atoms with Crippen molar-refractivity contribution in [2.75, 3.05) is 0 Å². The fraction of sp³-hybridized carbons (Fsp3) is 0. The topological polar surface area (TPSA) is 66.6 Å². The van der Waals surface area contributed by atoms with Gasteiger partial charge in [-0.25, -0.2) is 0 Å². The van der Waals surface area contributed by atoms with Gasteiger partial charge in [0.25, 0.3) is 0 Å². The molecule has 4 nitrogen and oxygen atoms in total. The smallest absolute Gasteiger partial charge is 0.100 e. The molecule has 0 radical (unpaired) electrons. The van der Waals surface area contributed by atoms with Gasteiger partial charge in [0.05, 0.1) is 22.2 Å². The molecule has 0 amide bonds. The summed E-state index contributed by atoms with van der Waals surface area (Å²) in [6.07, 6.45) is 3.98. The molecule has 1 heterocycles. The molecule has 50 heavy (non-hydrogen) atoms. The molecule has 0 aliphatic heterocycles. The number of fused-ring (bicyclic) bond motifs is 4. The number of nitrogens with zero attached hydrogens (tertiary/aromatic N) is 4. The third-order valence-electron chi connectivity index (χ3n) is 9.60. The van der Waals surface area contributed by atoms with E-state index in [1.165, 1.54) is 10.8 Å². The molecule has 0 bridgehead atoms. The van der Waals surface area contributed by atoms with Gasteiger partial charge in [0.2, 0.25) is 0 Å². The number of para-hydroxylation sites is 3. The van der Waals surface area contributed by atoms with Crippen molar-refractivity contribution >= 4 is 44.3 Å². The quantitative estimate of drug-likeness (QED) is 0.182. The maximum atomic E-state index is 10.4. The summed E-state index contributed by atoms with van der Waals surface area (Å²) in [5.74, 6) is 0. The van der Waals surface area contributed by atoms with E-state index in [4.69, 9.17) is 5.32 Å². The van der Waals surface area contributed by atoms with Gasteiger partial charge < -0.3 is 9.88 Å². The van der Waals surface area contributed by atoms with Crippen molar-refractivity contribution in [3.05, 3.63) is 203 Å². The standard InChI is InChI=1S/C46H27N4/c47-28-42-38(31-18-22-33(23-19-31)49-44-15-7-4-12-35(44)30-10-2-1-3-11-30)26-40-41(42)27-39(43(40)29-48)32-20-24-34(25-21-32)50-45-16-8-5-13-36(45)37-14-6-9-17-46(37)50/h1-27H/q-1. The third kappa shape index (κ3) is 4.67. The Morgan fingerprint density at radius 2 is 0.960 bits per heavy atom. The minimum atomic E-state index is 0.573. The number of aromatic nitrogens is 1. The summed E-state index contributed by atoms with van der Waals surface area (Å²) in [5.41, 5.74) is 13.5. The van der Waals surface area contributed by atoms with E-state index in [9.17, 15) is 10.5 Å². The van der Waals surface area contributed by atoms with Crippen LogP contribution in [0.3, 0.4) is 0 Å². The van der Waals surface area contributed by atoms with E-state index >= 15 is 0 Å². The van der Waals surface area contributed by atoms with Crippen LogP contribution in [-0.2, 0) is 0 Å². The zero-order valence-electron chi connectivity index (χ0n) is 26.9. The molecule has 0 fully saturated rings. The maximum Gasteiger partial charge on any atom is 0.100 e. The Kier molecular flexibility index (Phi) is 6.87. The molecular formula is C46H27N4-. The molecule has 0 unspecified atom stereocenters. The van der Waals surface area contributed by atoms with Gasteiger partial charge in [-0.2, -0.15) is 10.5 Å². The second kappa shape index (κ2) is 11.8. The van der Waals surface area contributed by atoms with Crippen LogP contribution in [0, 0.1) is 22.7 Å². The van der Waals surface area contributed by atoms with Gasteiger partial charge in [-0.1, -0.05) is 127 Å². The van der Waals surface area contributed by atoms with E-state index in [1.54, 1.807) is 0 Å². The monoisotopic (exact) mass is 635 g/mol. The molecule has 4 heteroatoms. The highest BCUT2D eigenvalue weighted by molar-refractivity contribution is 6.09. The summed E-state index contributed by atoms with van der Waals surface area (Å²) >= 11 is 0. The summed E-state index contributed by atoms with van der Waals surface area (Å²) in [6, 6.07) is 56.5. The van der Waals surface area contributed by atoms with Crippen LogP contribution in [0.5, 0.6) is 0 Å². The molecule has 0 spiro atoms. The average Bonchev–Trinajstić information content (AvgIpc) is 3.83. The minimum Gasteiger partial charge on any atom is -0.657 e. The first-order valence-corrected chi connectivity index (χ1v) is 16.5. The average molecular weight is 636 g/mol. The number of nitriles is 2. The molecule has 1 aromatic heterocycles. The fourth-order valence-corrected chi connectivity index (χ4v) is 7.27. The van der Waals surface area contributed by atoms with Crippen LogP contribution < -0.4 is 0 Å². The Morgan fingerprint density at radius 1 is 0.460 bits per heavy atom. The lowest BCUT2D eigenvalue weighted by Crippen LogP contribution is -1.94. The van der Waals surface area contributed by atoms with E-state index < -0.39 is 0 Å². The van der Waals surface area contributed by atoms with Gasteiger partial charge in [-0.3, -0.25) is 0 Å². The predicted molar refractivity (Wildman–Crippen MR) is 203 cm³/mol. The van der Waals surface area contributed by atoms with Gasteiger partial charge in [-0.05, 0) is 58.7 Å². The van der Waals surface area contributed by atoms with Crippen LogP contribution in [0.15, 0.2) is 186 Å². The molecule has 0 saturated carbocycles. The number of hydrogen-bond donors (Lipinski definition) is 0. The first-order valence-electron chi connectivity index (χ1n) is 16.5. The van der Waals surface area contributed by atoms with E-state index in [-0.39, 0.29) is 0 Å². The summed E-state index contributed by atoms with van der Waals surface area (Å²) in [6.45, 7) is 0. The summed E-state index contributed by atoms with van der Waals surface area (Å²) in [4.78, 5) is 0. The first kappa shape index (κ1) is 29.0. The van der Waals surface area contributed by atoms with Gasteiger partial charge in [0, 0.05) is 38.8 Å². The highest BCUT2D eigenvalue weighted by atomic mass is 15.0. The first-order chi connectivity index (χ1) is 24.7. The second-order valence-corrected chi connectivity index (χ2v) is 12.4. The molecule has 0 N–H and O–H groups in total. The third-order valence-corrected chi connectivity index (χ3v) is 9.60. The maximum absolute atomic E-state index is 10.4. The number of benzene rings is 6. The number of allylic oxidation sites excluding steroid dienone is 8. The lowest BCUT2D eigenvalue weighted by Gasteiger charge is -2.26. The summed E-state index contributed by atoms with van der Waals surface area (Å²) < 4.78 is 2.28. The van der Waals surface area contributed by atoms with Crippen molar-refractivity contribution in [1.29, 1.82) is 10.5 Å². The van der Waals surface area contributed by atoms with Gasteiger partial charge in [-0.15, -0.1) is 11.4 Å². The highest BCUT2D eigenvalue weighted by Gasteiger charge is 2.31. The number of rotatable bonds is 6. The van der Waals surface area contributed by atoms with Gasteiger partial charge in [0.1, 0.15) is 12.1 Å². The van der Waals surface area contributed by atoms with E-state index in [0.29, 0.717) is 11.1 Å². The van der Waals surface area contributed by atoms with Crippen LogP contribution in [0.4, 0.5) is 11.4 Å². The Bertz CT molecular complexity index is 2650. The minimum absolute atomic E-state index is 0.573. The zero-order chi connectivity index (χ0) is 33.6. The molecule has 6 aromatic carbocycles. The Morgan fingerprint density at radius 3 is 1.54 bits per heavy atom. The van der Waals surface area contributed by atoms with E-state index in [0.717, 1.165) is 72.6 Å². The molecule has 0 atom stereocenters. The van der Waals surface area contributed by atoms with Gasteiger partial charge in [0.15, 0.2) is 0 Å². The van der Waals surface area contributed by atoms with Crippen LogP contribution in [0.2, 0.25) is 0 Å². The van der Waals surface area contributed by atoms with E-state index in [1.807, 2.05) is 72.8 Å². The van der Waals surface area contributed by atoms with Crippen molar-refractivity contribution in [3.8, 4) is 29.0 Å². The van der Waals surface area contributed by atoms with Crippen molar-refractivity contribution < 1.29 is 0 Å². The van der Waals surface area contributed by atoms with Crippen molar-refractivity contribution in [3.63, 3.8) is 0 Å². The normalized spacial score (nSPS) is 13.6. The highest BCUT2D eigenvalue weighted by Crippen LogP contribution is 2.47. The summed E-state index contributed by atoms with van der Waals surface area (Å²) in [5, 5.41) is 28.1. The van der Waals surface area contributed by atoms with Crippen LogP contribution in [0.25, 0.3) is 55.1 Å². The lowest BCUT2D eigenvalue weighted by molar-refractivity contribution is 1.18. The van der Waals surface area contributed by atoms with Crippen LogP contribution in [-0.4, -0.2) is 4.57 Å². The molecule has 2 aliphatic rings. The lowest BCUT2D eigenvalue weighted by atomic mass is 9.97. The van der Waals surface area contributed by atoms with Crippen molar-refractivity contribution in [2.45, 2.75) is 0 Å². The molecule has 2 aliphatic carbocycles. The van der Waals surface area contributed by atoms with E-state index in [2.05, 4.69) is 108 Å². The van der Waals surface area contributed by atoms with Crippen LogP contribution in [0.1, 0.15) is 11.1 Å². The van der Waals surface area contributed by atoms with Crippen molar-refractivity contribution in [1.82, 2.24) is 4.57 Å². The van der Waals surface area contributed by atoms with Gasteiger partial charge >= 0.3 is 0 Å². The molecular weight excluding hydrogens is 609 g/mol. The fourth-order valence-electron chi connectivity index (χ4n) is 7.27. The predicted octanol–water partition coefficient (Wildman–Crippen LogP) is 11.9. The Hall–Kier alpha value is -7.14. The molecule has 232 valence electrons. The molecule has 0 saturated heterocycles. The SMILES string of the molecule is N#CC1=C2C=C(c3ccc(-n4c5ccccc5c5ccccc54)cc3)C(C#N)=C2C=C1c1ccc([N-]c2ccccc2-c2ccccc2)cc1. The van der Waals surface area contributed by atoms with Crippen molar-refractivity contribution in [2.24, 2.45) is 0 Å². The Balaban J connectivity index is 1.02.